The van der Waals surface area contributed by atoms with Crippen molar-refractivity contribution in [3.05, 3.63) is 142 Å². The fraction of sp³-hybridized carbons (Fsp3) is 0.270. The second-order valence-electron chi connectivity index (χ2n) is 10.7. The summed E-state index contributed by atoms with van der Waals surface area (Å²) in [5, 5.41) is 0.563. The molecule has 1 amide bonds. The lowest BCUT2D eigenvalue weighted by Crippen LogP contribution is -2.42. The Balaban J connectivity index is 1.67. The first-order chi connectivity index (χ1) is 20.5. The van der Waals surface area contributed by atoms with Crippen molar-refractivity contribution in [1.29, 1.82) is 0 Å². The van der Waals surface area contributed by atoms with Gasteiger partial charge in [0, 0.05) is 6.54 Å². The first-order valence-electron chi connectivity index (χ1n) is 15.1. The van der Waals surface area contributed by atoms with Crippen LogP contribution in [0.15, 0.2) is 114 Å². The van der Waals surface area contributed by atoms with Crippen molar-refractivity contribution in [3.63, 3.8) is 0 Å². The lowest BCUT2D eigenvalue weighted by molar-refractivity contribution is -0.135. The number of hydrogen-bond donors (Lipinski definition) is 0. The van der Waals surface area contributed by atoms with Crippen LogP contribution >= 0.6 is 0 Å². The quantitative estimate of drug-likeness (QED) is 0.167. The number of amides is 1. The maximum absolute atomic E-state index is 14.6. The molecule has 4 aromatic carbocycles. The summed E-state index contributed by atoms with van der Waals surface area (Å²) in [4.78, 5) is 35.8. The molecule has 5 heteroatoms. The van der Waals surface area contributed by atoms with Gasteiger partial charge in [-0.15, -0.1) is 0 Å². The predicted molar refractivity (Wildman–Crippen MR) is 171 cm³/mol. The van der Waals surface area contributed by atoms with Gasteiger partial charge in [0.15, 0.2) is 0 Å². The molecule has 0 spiro atoms. The van der Waals surface area contributed by atoms with Crippen LogP contribution in [0.1, 0.15) is 68.1 Å². The van der Waals surface area contributed by atoms with Gasteiger partial charge < -0.3 is 4.90 Å². The Labute approximate surface area is 248 Å². The van der Waals surface area contributed by atoms with Gasteiger partial charge in [-0.3, -0.25) is 14.2 Å². The lowest BCUT2D eigenvalue weighted by Gasteiger charge is -2.35. The van der Waals surface area contributed by atoms with Crippen molar-refractivity contribution in [2.75, 3.05) is 6.54 Å². The minimum absolute atomic E-state index is 0.0572. The number of hydrogen-bond acceptors (Lipinski definition) is 3. The molecule has 0 N–H and O–H groups in total. The zero-order valence-corrected chi connectivity index (χ0v) is 24.7. The van der Waals surface area contributed by atoms with Crippen LogP contribution in [0.5, 0.6) is 0 Å². The Morgan fingerprint density at radius 2 is 1.40 bits per heavy atom. The maximum Gasteiger partial charge on any atom is 0.266 e. The average Bonchev–Trinajstić information content (AvgIpc) is 3.04. The van der Waals surface area contributed by atoms with E-state index in [4.69, 9.17) is 4.98 Å². The number of fused-ring (bicyclic) bond motifs is 1. The fourth-order valence-electron chi connectivity index (χ4n) is 5.80. The largest absolute Gasteiger partial charge is 0.332 e. The van der Waals surface area contributed by atoms with Crippen LogP contribution in [0.4, 0.5) is 0 Å². The molecule has 0 aliphatic heterocycles. The normalized spacial score (nSPS) is 12.6. The lowest BCUT2D eigenvalue weighted by atomic mass is 9.93. The summed E-state index contributed by atoms with van der Waals surface area (Å²) < 4.78 is 1.72. The molecule has 2 atom stereocenters. The van der Waals surface area contributed by atoms with Crippen LogP contribution < -0.4 is 5.56 Å². The molecular formula is C37H39N3O2. The zero-order valence-electron chi connectivity index (χ0n) is 24.7. The number of rotatable bonds is 11. The van der Waals surface area contributed by atoms with Crippen LogP contribution in [-0.4, -0.2) is 26.9 Å². The molecule has 0 fully saturated rings. The van der Waals surface area contributed by atoms with E-state index >= 15 is 0 Å². The highest BCUT2D eigenvalue weighted by Gasteiger charge is 2.33. The van der Waals surface area contributed by atoms with Crippen molar-refractivity contribution in [2.45, 2.75) is 58.4 Å². The van der Waals surface area contributed by atoms with Gasteiger partial charge in [0.05, 0.1) is 28.6 Å². The topological polar surface area (TPSA) is 55.2 Å². The van der Waals surface area contributed by atoms with E-state index in [9.17, 15) is 9.59 Å². The third-order valence-electron chi connectivity index (χ3n) is 8.14. The van der Waals surface area contributed by atoms with E-state index in [2.05, 4.69) is 45.0 Å². The van der Waals surface area contributed by atoms with E-state index in [1.807, 2.05) is 89.8 Å². The molecule has 0 saturated carbocycles. The van der Waals surface area contributed by atoms with Crippen molar-refractivity contribution < 1.29 is 4.79 Å². The van der Waals surface area contributed by atoms with Gasteiger partial charge in [-0.05, 0) is 66.6 Å². The highest BCUT2D eigenvalue weighted by Crippen LogP contribution is 2.31. The van der Waals surface area contributed by atoms with Gasteiger partial charge in [-0.2, -0.15) is 0 Å². The molecule has 1 heterocycles. The standard InChI is InChI=1S/C37H39N3O2/c1-4-27-21-23-30(24-22-27)40-35(38-33-20-14-13-19-32(33)37(40)42)34(6-3)39(26-25-28-15-9-7-10-16-28)36(41)31(5-2)29-17-11-8-12-18-29/h7-24,31,34H,4-6,25-26H2,1-3H3. The highest BCUT2D eigenvalue weighted by molar-refractivity contribution is 5.84. The number of benzene rings is 4. The van der Waals surface area contributed by atoms with E-state index in [0.717, 1.165) is 23.2 Å². The molecule has 0 radical (unpaired) electrons. The molecule has 1 aromatic heterocycles. The number of carbonyl (C=O) groups is 1. The second-order valence-corrected chi connectivity index (χ2v) is 10.7. The molecule has 2 unspecified atom stereocenters. The highest BCUT2D eigenvalue weighted by atomic mass is 16.2. The van der Waals surface area contributed by atoms with Gasteiger partial charge in [0.25, 0.3) is 5.56 Å². The van der Waals surface area contributed by atoms with Gasteiger partial charge >= 0.3 is 0 Å². The van der Waals surface area contributed by atoms with Crippen LogP contribution in [0.25, 0.3) is 16.6 Å². The summed E-state index contributed by atoms with van der Waals surface area (Å²) in [5.74, 6) is 0.358. The number of aromatic nitrogens is 2. The van der Waals surface area contributed by atoms with Crippen molar-refractivity contribution in [3.8, 4) is 5.69 Å². The van der Waals surface area contributed by atoms with E-state index in [0.29, 0.717) is 42.5 Å². The van der Waals surface area contributed by atoms with Gasteiger partial charge in [-0.25, -0.2) is 4.98 Å². The van der Waals surface area contributed by atoms with Crippen LogP contribution in [0.2, 0.25) is 0 Å². The first kappa shape index (κ1) is 29.0. The van der Waals surface area contributed by atoms with Crippen molar-refractivity contribution >= 4 is 16.8 Å². The third-order valence-corrected chi connectivity index (χ3v) is 8.14. The summed E-state index contributed by atoms with van der Waals surface area (Å²) in [6.07, 6.45) is 2.91. The van der Waals surface area contributed by atoms with Gasteiger partial charge in [0.2, 0.25) is 5.91 Å². The predicted octanol–water partition coefficient (Wildman–Crippen LogP) is 7.66. The minimum atomic E-state index is -0.401. The number of aryl methyl sites for hydroxylation is 1. The molecule has 214 valence electrons. The maximum atomic E-state index is 14.6. The Kier molecular flexibility index (Phi) is 9.28. The molecule has 0 saturated heterocycles. The van der Waals surface area contributed by atoms with Crippen LogP contribution in [0.3, 0.4) is 0 Å². The van der Waals surface area contributed by atoms with Crippen molar-refractivity contribution in [1.82, 2.24) is 14.5 Å². The van der Waals surface area contributed by atoms with Crippen molar-refractivity contribution in [2.24, 2.45) is 0 Å². The second kappa shape index (κ2) is 13.4. The molecule has 42 heavy (non-hydrogen) atoms. The smallest absolute Gasteiger partial charge is 0.266 e. The molecule has 5 nitrogen and oxygen atoms in total. The molecule has 0 aliphatic carbocycles. The van der Waals surface area contributed by atoms with Gasteiger partial charge in [-0.1, -0.05) is 106 Å². The zero-order chi connectivity index (χ0) is 29.5. The van der Waals surface area contributed by atoms with E-state index in [1.54, 1.807) is 4.57 Å². The summed E-state index contributed by atoms with van der Waals surface area (Å²) in [7, 11) is 0. The van der Waals surface area contributed by atoms with Crippen LogP contribution in [-0.2, 0) is 17.6 Å². The molecular weight excluding hydrogens is 518 g/mol. The first-order valence-corrected chi connectivity index (χ1v) is 15.1. The van der Waals surface area contributed by atoms with E-state index < -0.39 is 6.04 Å². The van der Waals surface area contributed by atoms with E-state index in [-0.39, 0.29) is 17.4 Å². The summed E-state index contributed by atoms with van der Waals surface area (Å²) in [5.41, 5.74) is 4.64. The number of nitrogens with zero attached hydrogens (tertiary/aromatic N) is 3. The number of carbonyl (C=O) groups excluding carboxylic acids is 1. The molecule has 5 rings (SSSR count). The Morgan fingerprint density at radius 1 is 0.762 bits per heavy atom. The summed E-state index contributed by atoms with van der Waals surface area (Å²) in [6.45, 7) is 6.76. The Morgan fingerprint density at radius 3 is 2.05 bits per heavy atom. The minimum Gasteiger partial charge on any atom is -0.332 e. The summed E-state index contributed by atoms with van der Waals surface area (Å²) >= 11 is 0. The third kappa shape index (κ3) is 6.06. The molecule has 0 aliphatic rings. The monoisotopic (exact) mass is 557 g/mol. The molecule has 5 aromatic rings. The Hall–Kier alpha value is -4.51. The Bertz CT molecular complexity index is 1680. The van der Waals surface area contributed by atoms with Gasteiger partial charge in [0.1, 0.15) is 5.82 Å². The summed E-state index contributed by atoms with van der Waals surface area (Å²) in [6, 6.07) is 35.4. The molecule has 0 bridgehead atoms. The average molecular weight is 558 g/mol. The van der Waals surface area contributed by atoms with E-state index in [1.165, 1.54) is 5.56 Å². The van der Waals surface area contributed by atoms with Crippen LogP contribution in [0, 0.1) is 0 Å². The SMILES string of the molecule is CCc1ccc(-n2c(C(CC)N(CCc3ccccc3)C(=O)C(CC)c3ccccc3)nc3ccccc3c2=O)cc1. The fourth-order valence-corrected chi connectivity index (χ4v) is 5.80. The number of para-hydroxylation sites is 1.